The first-order valence-electron chi connectivity index (χ1n) is 2.87. The van der Waals surface area contributed by atoms with Crippen molar-refractivity contribution in [2.24, 2.45) is 9.98 Å². The molecule has 4 heteroatoms. The number of rotatable bonds is 0. The van der Waals surface area contributed by atoms with E-state index in [0.29, 0.717) is 18.2 Å². The molecule has 2 amide bonds. The lowest BCUT2D eigenvalue weighted by atomic mass is 10.3. The fourth-order valence-electron chi connectivity index (χ4n) is 0.822. The fraction of sp³-hybridized carbons (Fsp3) is 0.167. The number of hydrogen-bond donors (Lipinski definition) is 0. The molecule has 0 unspecified atom stereocenters. The molecule has 0 aliphatic carbocycles. The predicted octanol–water partition coefficient (Wildman–Crippen LogP) is 0.546. The van der Waals surface area contributed by atoms with Crippen LogP contribution in [0.25, 0.3) is 0 Å². The Balaban J connectivity index is 2.46. The van der Waals surface area contributed by atoms with Crippen LogP contribution >= 0.6 is 0 Å². The minimum Gasteiger partial charge on any atom is -0.472 e. The lowest BCUT2D eigenvalue weighted by Gasteiger charge is -2.05. The number of ether oxygens (including phenoxy) is 1. The molecule has 0 spiro atoms. The van der Waals surface area contributed by atoms with Gasteiger partial charge < -0.3 is 4.74 Å². The molecule has 0 saturated carbocycles. The number of nitrogens with zero attached hydrogens (tertiary/aromatic N) is 2. The summed E-state index contributed by atoms with van der Waals surface area (Å²) in [7, 11) is 0. The molecule has 0 saturated heterocycles. The molecule has 0 radical (unpaired) electrons. The maximum atomic E-state index is 10.5. The van der Waals surface area contributed by atoms with E-state index >= 15 is 0 Å². The van der Waals surface area contributed by atoms with Gasteiger partial charge in [-0.15, -0.1) is 0 Å². The van der Waals surface area contributed by atoms with E-state index in [1.165, 1.54) is 0 Å². The Kier molecular flexibility index (Phi) is 0.943. The molecule has 0 atom stereocenters. The van der Waals surface area contributed by atoms with Crippen molar-refractivity contribution in [3.8, 4) is 0 Å². The zero-order valence-corrected chi connectivity index (χ0v) is 5.07. The van der Waals surface area contributed by atoms with Gasteiger partial charge in [-0.25, -0.2) is 4.79 Å². The molecule has 0 bridgehead atoms. The highest BCUT2D eigenvalue weighted by atomic mass is 16.5. The standard InChI is InChI=1S/C6H4N2O2/c9-6-7-4-2-1-3-10-5(4)8-6/h1-2H,3H2. The molecule has 2 heterocycles. The monoisotopic (exact) mass is 136 g/mol. The normalized spacial score (nSPS) is 21.4. The summed E-state index contributed by atoms with van der Waals surface area (Å²) in [4.78, 5) is 17.6. The van der Waals surface area contributed by atoms with Gasteiger partial charge in [-0.2, -0.15) is 9.98 Å². The van der Waals surface area contributed by atoms with Crippen LogP contribution in [0.3, 0.4) is 0 Å². The third-order valence-corrected chi connectivity index (χ3v) is 1.22. The Morgan fingerprint density at radius 1 is 1.50 bits per heavy atom. The van der Waals surface area contributed by atoms with Gasteiger partial charge in [-0.3, -0.25) is 0 Å². The van der Waals surface area contributed by atoms with Crippen LogP contribution < -0.4 is 0 Å². The molecule has 0 fully saturated rings. The number of hydrogen-bond acceptors (Lipinski definition) is 2. The number of amides is 2. The summed E-state index contributed by atoms with van der Waals surface area (Å²) in [5, 5.41) is 0. The van der Waals surface area contributed by atoms with Crippen LogP contribution in [-0.4, -0.2) is 24.2 Å². The summed E-state index contributed by atoms with van der Waals surface area (Å²) in [5.74, 6) is 0.354. The van der Waals surface area contributed by atoms with Crippen molar-refractivity contribution >= 4 is 17.6 Å². The van der Waals surface area contributed by atoms with Crippen LogP contribution in [0, 0.1) is 0 Å². The van der Waals surface area contributed by atoms with Gasteiger partial charge >= 0.3 is 6.03 Å². The summed E-state index contributed by atoms with van der Waals surface area (Å²) in [6.45, 7) is 0.477. The van der Waals surface area contributed by atoms with E-state index in [9.17, 15) is 4.79 Å². The number of carbonyl (C=O) groups excluding carboxylic acids is 1. The van der Waals surface area contributed by atoms with Crippen molar-refractivity contribution < 1.29 is 9.53 Å². The van der Waals surface area contributed by atoms with Crippen molar-refractivity contribution in [3.63, 3.8) is 0 Å². The Morgan fingerprint density at radius 3 is 3.20 bits per heavy atom. The van der Waals surface area contributed by atoms with Crippen LogP contribution in [0.2, 0.25) is 0 Å². The lowest BCUT2D eigenvalue weighted by molar-refractivity contribution is 0.257. The molecule has 0 aromatic rings. The lowest BCUT2D eigenvalue weighted by Crippen LogP contribution is -2.16. The fourth-order valence-corrected chi connectivity index (χ4v) is 0.822. The molecule has 0 aromatic carbocycles. The zero-order chi connectivity index (χ0) is 6.97. The topological polar surface area (TPSA) is 51.0 Å². The second-order valence-electron chi connectivity index (χ2n) is 1.91. The first-order valence-corrected chi connectivity index (χ1v) is 2.87. The van der Waals surface area contributed by atoms with Gasteiger partial charge in [0.25, 0.3) is 0 Å². The molecule has 0 N–H and O–H groups in total. The first-order chi connectivity index (χ1) is 4.86. The minimum atomic E-state index is -0.475. The Labute approximate surface area is 56.9 Å². The number of urea groups is 1. The van der Waals surface area contributed by atoms with E-state index < -0.39 is 6.03 Å². The molecule has 50 valence electrons. The zero-order valence-electron chi connectivity index (χ0n) is 5.07. The minimum absolute atomic E-state index is 0.354. The van der Waals surface area contributed by atoms with E-state index in [2.05, 4.69) is 9.98 Å². The number of fused-ring (bicyclic) bond motifs is 1. The van der Waals surface area contributed by atoms with Gasteiger partial charge in [0.1, 0.15) is 12.3 Å². The summed E-state index contributed by atoms with van der Waals surface area (Å²) >= 11 is 0. The molecule has 2 aliphatic rings. The molecule has 0 aromatic heterocycles. The van der Waals surface area contributed by atoms with Crippen LogP contribution in [-0.2, 0) is 4.74 Å². The maximum absolute atomic E-state index is 10.5. The van der Waals surface area contributed by atoms with Crippen molar-refractivity contribution in [2.45, 2.75) is 0 Å². The highest BCUT2D eigenvalue weighted by Gasteiger charge is 2.20. The maximum Gasteiger partial charge on any atom is 0.371 e. The van der Waals surface area contributed by atoms with Crippen LogP contribution in [0.5, 0.6) is 0 Å². The highest BCUT2D eigenvalue weighted by Crippen LogP contribution is 2.06. The Bertz CT molecular complexity index is 275. The van der Waals surface area contributed by atoms with Gasteiger partial charge in [-0.1, -0.05) is 0 Å². The van der Waals surface area contributed by atoms with E-state index in [-0.39, 0.29) is 0 Å². The number of aliphatic imine (C=N–C) groups is 2. The first kappa shape index (κ1) is 5.34. The third kappa shape index (κ3) is 0.655. The Hall–Kier alpha value is -1.45. The van der Waals surface area contributed by atoms with Crippen molar-refractivity contribution in [2.75, 3.05) is 6.61 Å². The molecule has 2 rings (SSSR count). The smallest absolute Gasteiger partial charge is 0.371 e. The summed E-state index contributed by atoms with van der Waals surface area (Å²) < 4.78 is 4.98. The average molecular weight is 136 g/mol. The average Bonchev–Trinajstić information content (AvgIpc) is 2.27. The van der Waals surface area contributed by atoms with Crippen LogP contribution in [0.1, 0.15) is 0 Å². The van der Waals surface area contributed by atoms with Crippen molar-refractivity contribution in [3.05, 3.63) is 12.2 Å². The summed E-state index contributed by atoms with van der Waals surface area (Å²) in [5.41, 5.74) is 0.538. The van der Waals surface area contributed by atoms with Crippen molar-refractivity contribution in [1.29, 1.82) is 0 Å². The van der Waals surface area contributed by atoms with Gasteiger partial charge in [-0.05, 0) is 12.2 Å². The summed E-state index contributed by atoms with van der Waals surface area (Å²) in [6.07, 6.45) is 3.52. The van der Waals surface area contributed by atoms with Crippen LogP contribution in [0.4, 0.5) is 4.79 Å². The molecule has 10 heavy (non-hydrogen) atoms. The van der Waals surface area contributed by atoms with E-state index in [1.807, 2.05) is 0 Å². The summed E-state index contributed by atoms with van der Waals surface area (Å²) in [6, 6.07) is -0.475. The SMILES string of the molecule is O=C1N=C2C=CCOC2=N1. The number of carbonyl (C=O) groups is 1. The Morgan fingerprint density at radius 2 is 2.40 bits per heavy atom. The van der Waals surface area contributed by atoms with E-state index in [0.717, 1.165) is 0 Å². The molecular weight excluding hydrogens is 132 g/mol. The van der Waals surface area contributed by atoms with Crippen molar-refractivity contribution in [1.82, 2.24) is 0 Å². The molecule has 4 nitrogen and oxygen atoms in total. The van der Waals surface area contributed by atoms with E-state index in [1.54, 1.807) is 12.2 Å². The van der Waals surface area contributed by atoms with Gasteiger partial charge in [0.2, 0.25) is 5.90 Å². The molecule has 2 aliphatic heterocycles. The quantitative estimate of drug-likeness (QED) is 0.488. The second kappa shape index (κ2) is 1.76. The van der Waals surface area contributed by atoms with E-state index in [4.69, 9.17) is 4.74 Å². The van der Waals surface area contributed by atoms with Gasteiger partial charge in [0.15, 0.2) is 0 Å². The second-order valence-corrected chi connectivity index (χ2v) is 1.91. The van der Waals surface area contributed by atoms with Gasteiger partial charge in [0.05, 0.1) is 0 Å². The van der Waals surface area contributed by atoms with Gasteiger partial charge in [0, 0.05) is 0 Å². The largest absolute Gasteiger partial charge is 0.472 e. The highest BCUT2D eigenvalue weighted by molar-refractivity contribution is 6.49. The predicted molar refractivity (Wildman–Crippen MR) is 35.4 cm³/mol. The van der Waals surface area contributed by atoms with Crippen LogP contribution in [0.15, 0.2) is 22.1 Å². The third-order valence-electron chi connectivity index (χ3n) is 1.22. The molecular formula is C6H4N2O2.